The fraction of sp³-hybridized carbons (Fsp3) is 0.727. The lowest BCUT2D eigenvalue weighted by Gasteiger charge is -2.34. The molecule has 0 bridgehead atoms. The van der Waals surface area contributed by atoms with Crippen LogP contribution in [0, 0.1) is 5.92 Å². The topological polar surface area (TPSA) is 96.2 Å². The summed E-state index contributed by atoms with van der Waals surface area (Å²) in [5.41, 5.74) is -1.07. The number of hydrogen-bond acceptors (Lipinski definition) is 8. The Kier molecular flexibility index (Phi) is 6.94. The quantitative estimate of drug-likeness (QED) is 0.558. The monoisotopic (exact) mass is 536 g/mol. The van der Waals surface area contributed by atoms with Crippen molar-refractivity contribution in [1.82, 2.24) is 24.7 Å². The standard InChI is InChI=1S/C22H26F6N6O3/c1-35-16-6-17-32-33-18(34(17)8-15(16)22(26,27)28)11-3-2-4-12(5-11)30-20-29-7-14(21(23,24)25)19(31-20)37-13-9-36-10-13/h7,11-13,15-16H,2-6,8-10H2,1H3,(H,29,30,31)/t11-,12+,15?,16?/m0/s1. The van der Waals surface area contributed by atoms with Gasteiger partial charge in [0.05, 0.1) is 25.2 Å². The second-order valence-corrected chi connectivity index (χ2v) is 9.60. The molecule has 3 aliphatic rings. The highest BCUT2D eigenvalue weighted by Crippen LogP contribution is 2.40. The van der Waals surface area contributed by atoms with E-state index in [9.17, 15) is 26.3 Å². The van der Waals surface area contributed by atoms with E-state index in [1.54, 1.807) is 4.57 Å². The first-order valence-corrected chi connectivity index (χ1v) is 12.0. The number of fused-ring (bicyclic) bond motifs is 1. The molecule has 0 spiro atoms. The molecular formula is C22H26F6N6O3. The Bertz CT molecular complexity index is 1110. The van der Waals surface area contributed by atoms with Crippen molar-refractivity contribution in [2.45, 2.75) is 75.2 Å². The summed E-state index contributed by atoms with van der Waals surface area (Å²) in [5, 5.41) is 11.4. The summed E-state index contributed by atoms with van der Waals surface area (Å²) in [6.07, 6.45) is -7.35. The SMILES string of the molecule is COC1Cc2nnc([C@H]3CCC[C@@H](Nc4ncc(C(F)(F)F)c(OC5COC5)n4)C3)n2CC1C(F)(F)F. The maximum Gasteiger partial charge on any atom is 0.423 e. The molecule has 4 heterocycles. The van der Waals surface area contributed by atoms with Crippen LogP contribution >= 0.6 is 0 Å². The van der Waals surface area contributed by atoms with Crippen LogP contribution in [0.15, 0.2) is 6.20 Å². The summed E-state index contributed by atoms with van der Waals surface area (Å²) in [5.74, 6) is -1.51. The second-order valence-electron chi connectivity index (χ2n) is 9.60. The summed E-state index contributed by atoms with van der Waals surface area (Å²) in [4.78, 5) is 7.81. The molecule has 0 radical (unpaired) electrons. The molecule has 2 fully saturated rings. The van der Waals surface area contributed by atoms with Gasteiger partial charge in [-0.1, -0.05) is 6.42 Å². The summed E-state index contributed by atoms with van der Waals surface area (Å²) in [6.45, 7) is 0.0383. The van der Waals surface area contributed by atoms with E-state index in [1.807, 2.05) is 0 Å². The molecule has 5 rings (SSSR count). The van der Waals surface area contributed by atoms with Crippen molar-refractivity contribution < 1.29 is 40.6 Å². The van der Waals surface area contributed by atoms with E-state index in [0.29, 0.717) is 37.1 Å². The van der Waals surface area contributed by atoms with Crippen molar-refractivity contribution in [3.8, 4) is 5.88 Å². The van der Waals surface area contributed by atoms with Gasteiger partial charge in [-0.15, -0.1) is 10.2 Å². The first-order chi connectivity index (χ1) is 17.5. The predicted molar refractivity (Wildman–Crippen MR) is 115 cm³/mol. The van der Waals surface area contributed by atoms with Gasteiger partial charge in [0.15, 0.2) is 0 Å². The molecule has 0 amide bonds. The van der Waals surface area contributed by atoms with Gasteiger partial charge in [-0.3, -0.25) is 0 Å². The van der Waals surface area contributed by atoms with Crippen LogP contribution in [0.1, 0.15) is 48.8 Å². The van der Waals surface area contributed by atoms with Gasteiger partial charge in [-0.05, 0) is 19.3 Å². The van der Waals surface area contributed by atoms with Crippen LogP contribution in [-0.2, 0) is 28.6 Å². The molecule has 2 aromatic heterocycles. The lowest BCUT2D eigenvalue weighted by Crippen LogP contribution is -2.44. The molecule has 2 unspecified atom stereocenters. The number of anilines is 1. The molecule has 1 N–H and O–H groups in total. The molecule has 0 aromatic carbocycles. The Morgan fingerprint density at radius 1 is 1.11 bits per heavy atom. The highest BCUT2D eigenvalue weighted by molar-refractivity contribution is 5.36. The van der Waals surface area contributed by atoms with E-state index in [0.717, 1.165) is 6.42 Å². The van der Waals surface area contributed by atoms with Crippen molar-refractivity contribution >= 4 is 5.95 Å². The van der Waals surface area contributed by atoms with Crippen molar-refractivity contribution in [3.63, 3.8) is 0 Å². The number of hydrogen-bond donors (Lipinski definition) is 1. The van der Waals surface area contributed by atoms with Gasteiger partial charge in [0, 0.05) is 38.2 Å². The lowest BCUT2D eigenvalue weighted by molar-refractivity contribution is -0.211. The fourth-order valence-electron chi connectivity index (χ4n) is 5.10. The average Bonchev–Trinajstić information content (AvgIpc) is 3.22. The minimum atomic E-state index is -4.68. The minimum absolute atomic E-state index is 0.0102. The summed E-state index contributed by atoms with van der Waals surface area (Å²) in [6, 6.07) is -0.225. The van der Waals surface area contributed by atoms with Gasteiger partial charge in [-0.2, -0.15) is 31.3 Å². The third kappa shape index (κ3) is 5.47. The normalized spacial score (nSPS) is 26.9. The van der Waals surface area contributed by atoms with E-state index in [4.69, 9.17) is 14.2 Å². The van der Waals surface area contributed by atoms with Crippen molar-refractivity contribution in [2.75, 3.05) is 25.6 Å². The molecule has 15 heteroatoms. The first kappa shape index (κ1) is 25.9. The highest BCUT2D eigenvalue weighted by Gasteiger charge is 2.49. The van der Waals surface area contributed by atoms with Crippen LogP contribution in [0.25, 0.3) is 0 Å². The van der Waals surface area contributed by atoms with Crippen molar-refractivity contribution in [1.29, 1.82) is 0 Å². The number of aromatic nitrogens is 5. The molecule has 204 valence electrons. The van der Waals surface area contributed by atoms with Crippen LogP contribution in [0.2, 0.25) is 0 Å². The van der Waals surface area contributed by atoms with Crippen LogP contribution in [0.3, 0.4) is 0 Å². The van der Waals surface area contributed by atoms with Gasteiger partial charge in [-0.25, -0.2) is 4.98 Å². The van der Waals surface area contributed by atoms with E-state index >= 15 is 0 Å². The van der Waals surface area contributed by atoms with Gasteiger partial charge < -0.3 is 24.1 Å². The van der Waals surface area contributed by atoms with Crippen molar-refractivity contribution in [3.05, 3.63) is 23.4 Å². The molecular weight excluding hydrogens is 510 g/mol. The van der Waals surface area contributed by atoms with Crippen LogP contribution in [0.5, 0.6) is 5.88 Å². The summed E-state index contributed by atoms with van der Waals surface area (Å²) in [7, 11) is 1.26. The Labute approximate surface area is 207 Å². The summed E-state index contributed by atoms with van der Waals surface area (Å²) >= 11 is 0. The fourth-order valence-corrected chi connectivity index (χ4v) is 5.10. The third-order valence-electron chi connectivity index (χ3n) is 7.11. The average molecular weight is 536 g/mol. The van der Waals surface area contributed by atoms with Crippen LogP contribution < -0.4 is 10.1 Å². The van der Waals surface area contributed by atoms with E-state index in [-0.39, 0.29) is 44.1 Å². The Balaban J connectivity index is 1.31. The van der Waals surface area contributed by atoms with Crippen LogP contribution in [0.4, 0.5) is 32.3 Å². The molecule has 1 aliphatic carbocycles. The van der Waals surface area contributed by atoms with Crippen molar-refractivity contribution in [2.24, 2.45) is 5.92 Å². The molecule has 2 aliphatic heterocycles. The number of rotatable bonds is 6. The van der Waals surface area contributed by atoms with Gasteiger partial charge in [0.25, 0.3) is 0 Å². The second kappa shape index (κ2) is 9.89. The maximum atomic E-state index is 13.7. The molecule has 2 aromatic rings. The molecule has 1 saturated carbocycles. The van der Waals surface area contributed by atoms with E-state index < -0.39 is 41.9 Å². The Morgan fingerprint density at radius 2 is 1.89 bits per heavy atom. The Morgan fingerprint density at radius 3 is 2.54 bits per heavy atom. The molecule has 37 heavy (non-hydrogen) atoms. The minimum Gasteiger partial charge on any atom is -0.469 e. The number of methoxy groups -OCH3 is 1. The van der Waals surface area contributed by atoms with Crippen LogP contribution in [-0.4, -0.2) is 69.5 Å². The largest absolute Gasteiger partial charge is 0.469 e. The predicted octanol–water partition coefficient (Wildman–Crippen LogP) is 3.75. The molecule has 1 saturated heterocycles. The van der Waals surface area contributed by atoms with Gasteiger partial charge >= 0.3 is 12.4 Å². The number of nitrogens with zero attached hydrogens (tertiary/aromatic N) is 5. The Hall–Kier alpha value is -2.68. The summed E-state index contributed by atoms with van der Waals surface area (Å²) < 4.78 is 98.1. The zero-order valence-corrected chi connectivity index (χ0v) is 19.8. The number of alkyl halides is 6. The molecule has 4 atom stereocenters. The number of ether oxygens (including phenoxy) is 3. The molecule has 9 nitrogen and oxygen atoms in total. The van der Waals surface area contributed by atoms with E-state index in [2.05, 4.69) is 25.5 Å². The smallest absolute Gasteiger partial charge is 0.423 e. The maximum absolute atomic E-state index is 13.7. The van der Waals surface area contributed by atoms with E-state index in [1.165, 1.54) is 7.11 Å². The highest BCUT2D eigenvalue weighted by atomic mass is 19.4. The number of nitrogens with one attached hydrogen (secondary N) is 1. The zero-order chi connectivity index (χ0) is 26.4. The lowest BCUT2D eigenvalue weighted by atomic mass is 9.84. The first-order valence-electron chi connectivity index (χ1n) is 12.0. The third-order valence-corrected chi connectivity index (χ3v) is 7.11. The van der Waals surface area contributed by atoms with Gasteiger partial charge in [0.1, 0.15) is 23.3 Å². The zero-order valence-electron chi connectivity index (χ0n) is 19.8. The number of halogens is 6. The van der Waals surface area contributed by atoms with Gasteiger partial charge in [0.2, 0.25) is 11.8 Å².